The fraction of sp³-hybridized carbons (Fsp3) is 0.182. The van der Waals surface area contributed by atoms with Crippen LogP contribution < -0.4 is 5.32 Å². The summed E-state index contributed by atoms with van der Waals surface area (Å²) in [6.45, 7) is 1.61. The molecule has 1 amide bonds. The molecule has 0 bridgehead atoms. The zero-order valence-electron chi connectivity index (χ0n) is 9.28. The molecule has 0 fully saturated rings. The highest BCUT2D eigenvalue weighted by molar-refractivity contribution is 8.13. The fourth-order valence-electron chi connectivity index (χ4n) is 1.16. The number of nitrogens with one attached hydrogen (secondary N) is 1. The van der Waals surface area contributed by atoms with Crippen molar-refractivity contribution in [2.24, 2.45) is 0 Å². The van der Waals surface area contributed by atoms with Gasteiger partial charge in [-0.25, -0.2) is 8.42 Å². The molecule has 1 aromatic carbocycles. The molecule has 18 heavy (non-hydrogen) atoms. The third kappa shape index (κ3) is 3.91. The van der Waals surface area contributed by atoms with E-state index in [1.165, 1.54) is 6.07 Å². The standard InChI is InChI=1S/C11H9Cl2NO3S/c1-3-7(2)14-11(15)8-4-9(12)6-10(5-8)18(13,16)17/h1,4-7H,2H3,(H,14,15). The van der Waals surface area contributed by atoms with Crippen LogP contribution in [0, 0.1) is 12.3 Å². The van der Waals surface area contributed by atoms with Gasteiger partial charge in [0.05, 0.1) is 10.9 Å². The number of amides is 1. The van der Waals surface area contributed by atoms with Crippen LogP contribution in [-0.2, 0) is 9.05 Å². The number of benzene rings is 1. The van der Waals surface area contributed by atoms with Gasteiger partial charge in [-0.05, 0) is 25.1 Å². The van der Waals surface area contributed by atoms with Gasteiger partial charge in [-0.2, -0.15) is 0 Å². The molecule has 0 saturated heterocycles. The van der Waals surface area contributed by atoms with Gasteiger partial charge in [0, 0.05) is 21.3 Å². The summed E-state index contributed by atoms with van der Waals surface area (Å²) < 4.78 is 22.4. The first-order chi connectivity index (χ1) is 8.24. The molecule has 1 unspecified atom stereocenters. The maximum Gasteiger partial charge on any atom is 0.261 e. The normalized spacial score (nSPS) is 12.6. The van der Waals surface area contributed by atoms with Crippen LogP contribution in [0.1, 0.15) is 17.3 Å². The van der Waals surface area contributed by atoms with Gasteiger partial charge >= 0.3 is 0 Å². The SMILES string of the molecule is C#CC(C)NC(=O)c1cc(Cl)cc(S(=O)(=O)Cl)c1. The van der Waals surface area contributed by atoms with E-state index in [1.807, 2.05) is 0 Å². The van der Waals surface area contributed by atoms with Gasteiger partial charge in [0.2, 0.25) is 0 Å². The van der Waals surface area contributed by atoms with Gasteiger partial charge < -0.3 is 5.32 Å². The minimum Gasteiger partial charge on any atom is -0.339 e. The largest absolute Gasteiger partial charge is 0.339 e. The second-order valence-corrected chi connectivity index (χ2v) is 6.48. The summed E-state index contributed by atoms with van der Waals surface area (Å²) in [5.74, 6) is 1.79. The van der Waals surface area contributed by atoms with E-state index < -0.39 is 21.0 Å². The van der Waals surface area contributed by atoms with Gasteiger partial charge in [0.15, 0.2) is 0 Å². The van der Waals surface area contributed by atoms with Crippen molar-refractivity contribution in [3.63, 3.8) is 0 Å². The Bertz CT molecular complexity index is 620. The van der Waals surface area contributed by atoms with Crippen molar-refractivity contribution in [3.8, 4) is 12.3 Å². The van der Waals surface area contributed by atoms with Gasteiger partial charge in [-0.1, -0.05) is 17.5 Å². The van der Waals surface area contributed by atoms with Crippen molar-refractivity contribution in [2.75, 3.05) is 0 Å². The van der Waals surface area contributed by atoms with Gasteiger partial charge in [-0.3, -0.25) is 4.79 Å². The Morgan fingerprint density at radius 3 is 2.56 bits per heavy atom. The second-order valence-electron chi connectivity index (χ2n) is 3.48. The van der Waals surface area contributed by atoms with Crippen molar-refractivity contribution < 1.29 is 13.2 Å². The van der Waals surface area contributed by atoms with Crippen LogP contribution in [0.5, 0.6) is 0 Å². The van der Waals surface area contributed by atoms with E-state index in [9.17, 15) is 13.2 Å². The zero-order chi connectivity index (χ0) is 13.9. The lowest BCUT2D eigenvalue weighted by Gasteiger charge is -2.08. The molecule has 4 nitrogen and oxygen atoms in total. The highest BCUT2D eigenvalue weighted by atomic mass is 35.7. The van der Waals surface area contributed by atoms with Crippen molar-refractivity contribution in [3.05, 3.63) is 28.8 Å². The molecule has 7 heteroatoms. The lowest BCUT2D eigenvalue weighted by atomic mass is 10.2. The van der Waals surface area contributed by atoms with Crippen LogP contribution >= 0.6 is 22.3 Å². The molecule has 0 aromatic heterocycles. The predicted octanol–water partition coefficient (Wildman–Crippen LogP) is 2.02. The van der Waals surface area contributed by atoms with Crippen LogP contribution in [0.4, 0.5) is 0 Å². The average molecular weight is 306 g/mol. The van der Waals surface area contributed by atoms with E-state index in [0.717, 1.165) is 12.1 Å². The molecule has 0 aliphatic carbocycles. The molecule has 0 aliphatic heterocycles. The third-order valence-electron chi connectivity index (χ3n) is 2.01. The Morgan fingerprint density at radius 1 is 1.44 bits per heavy atom. The highest BCUT2D eigenvalue weighted by Gasteiger charge is 2.16. The van der Waals surface area contributed by atoms with Crippen LogP contribution in [-0.4, -0.2) is 20.4 Å². The number of carbonyl (C=O) groups excluding carboxylic acids is 1. The van der Waals surface area contributed by atoms with Gasteiger partial charge in [0.1, 0.15) is 0 Å². The van der Waals surface area contributed by atoms with E-state index in [0.29, 0.717) is 0 Å². The summed E-state index contributed by atoms with van der Waals surface area (Å²) in [5, 5.41) is 2.57. The summed E-state index contributed by atoms with van der Waals surface area (Å²) in [6, 6.07) is 3.14. The van der Waals surface area contributed by atoms with E-state index >= 15 is 0 Å². The second kappa shape index (κ2) is 5.61. The Labute approximate surface area is 115 Å². The Morgan fingerprint density at radius 2 is 2.06 bits per heavy atom. The number of rotatable bonds is 3. The number of hydrogen-bond donors (Lipinski definition) is 1. The van der Waals surface area contributed by atoms with Crippen molar-refractivity contribution in [1.82, 2.24) is 5.32 Å². The molecule has 1 atom stereocenters. The minimum absolute atomic E-state index is 0.0730. The summed E-state index contributed by atoms with van der Waals surface area (Å²) in [5.41, 5.74) is 0.0730. The van der Waals surface area contributed by atoms with Gasteiger partial charge in [-0.15, -0.1) is 6.42 Å². The molecule has 1 rings (SSSR count). The quantitative estimate of drug-likeness (QED) is 0.686. The number of hydrogen-bond acceptors (Lipinski definition) is 3. The molecular weight excluding hydrogens is 297 g/mol. The third-order valence-corrected chi connectivity index (χ3v) is 3.56. The van der Waals surface area contributed by atoms with Crippen LogP contribution in [0.25, 0.3) is 0 Å². The smallest absolute Gasteiger partial charge is 0.261 e. The lowest BCUT2D eigenvalue weighted by molar-refractivity contribution is 0.0948. The zero-order valence-corrected chi connectivity index (χ0v) is 11.6. The first kappa shape index (κ1) is 14.8. The lowest BCUT2D eigenvalue weighted by Crippen LogP contribution is -2.31. The molecule has 96 valence electrons. The molecule has 0 heterocycles. The van der Waals surface area contributed by atoms with Crippen molar-refractivity contribution in [2.45, 2.75) is 17.9 Å². The first-order valence-corrected chi connectivity index (χ1v) is 7.45. The minimum atomic E-state index is -3.95. The van der Waals surface area contributed by atoms with E-state index in [2.05, 4.69) is 11.2 Å². The molecular formula is C11H9Cl2NO3S. The first-order valence-electron chi connectivity index (χ1n) is 4.76. The summed E-state index contributed by atoms with van der Waals surface area (Å²) in [7, 11) is 1.24. The van der Waals surface area contributed by atoms with Gasteiger partial charge in [0.25, 0.3) is 15.0 Å². The summed E-state index contributed by atoms with van der Waals surface area (Å²) in [4.78, 5) is 11.5. The summed E-state index contributed by atoms with van der Waals surface area (Å²) in [6.07, 6.45) is 5.12. The van der Waals surface area contributed by atoms with Crippen molar-refractivity contribution in [1.29, 1.82) is 0 Å². The maximum atomic E-state index is 11.7. The molecule has 0 spiro atoms. The monoisotopic (exact) mass is 305 g/mol. The Balaban J connectivity index is 3.16. The van der Waals surface area contributed by atoms with Crippen molar-refractivity contribution >= 4 is 37.2 Å². The molecule has 1 aromatic rings. The van der Waals surface area contributed by atoms with Crippen LogP contribution in [0.3, 0.4) is 0 Å². The average Bonchev–Trinajstić information content (AvgIpc) is 2.26. The predicted molar refractivity (Wildman–Crippen MR) is 70.3 cm³/mol. The highest BCUT2D eigenvalue weighted by Crippen LogP contribution is 2.22. The van der Waals surface area contributed by atoms with Crippen LogP contribution in [0.2, 0.25) is 5.02 Å². The fourth-order valence-corrected chi connectivity index (χ4v) is 2.26. The van der Waals surface area contributed by atoms with E-state index in [4.69, 9.17) is 28.7 Å². The molecule has 0 aliphatic rings. The van der Waals surface area contributed by atoms with Crippen LogP contribution in [0.15, 0.2) is 23.1 Å². The summed E-state index contributed by atoms with van der Waals surface area (Å²) >= 11 is 5.73. The van der Waals surface area contributed by atoms with E-state index in [-0.39, 0.29) is 15.5 Å². The topological polar surface area (TPSA) is 63.2 Å². The Hall–Kier alpha value is -1.22. The van der Waals surface area contributed by atoms with E-state index in [1.54, 1.807) is 6.92 Å². The molecule has 0 saturated carbocycles. The number of terminal acetylenes is 1. The molecule has 0 radical (unpaired) electrons. The number of halogens is 2. The number of carbonyl (C=O) groups is 1. The Kier molecular flexibility index (Phi) is 4.63. The maximum absolute atomic E-state index is 11.7. The molecule has 1 N–H and O–H groups in total.